The first-order valence-electron chi connectivity index (χ1n) is 7.25. The van der Waals surface area contributed by atoms with Gasteiger partial charge in [-0.25, -0.2) is 4.98 Å². The minimum absolute atomic E-state index is 0.0310. The number of aliphatic hydroxyl groups is 1. The Morgan fingerprint density at radius 1 is 1.18 bits per heavy atom. The Balaban J connectivity index is 1.82. The Hall–Kier alpha value is -1.85. The van der Waals surface area contributed by atoms with Gasteiger partial charge in [0.25, 0.3) is 0 Å². The minimum Gasteiger partial charge on any atom is -0.396 e. The lowest BCUT2D eigenvalue weighted by molar-refractivity contribution is -0.116. The van der Waals surface area contributed by atoms with Gasteiger partial charge in [-0.15, -0.1) is 0 Å². The van der Waals surface area contributed by atoms with Gasteiger partial charge in [0.15, 0.2) is 0 Å². The Morgan fingerprint density at radius 2 is 2.00 bits per heavy atom. The van der Waals surface area contributed by atoms with E-state index in [9.17, 15) is 4.79 Å². The minimum atomic E-state index is -0.0310. The molecule has 0 unspecified atom stereocenters. The fourth-order valence-corrected chi connectivity index (χ4v) is 2.68. The number of carbonyl (C=O) groups is 1. The third-order valence-electron chi connectivity index (χ3n) is 3.08. The number of aromatic nitrogens is 1. The van der Waals surface area contributed by atoms with Gasteiger partial charge in [-0.05, 0) is 29.7 Å². The molecule has 0 fully saturated rings. The van der Waals surface area contributed by atoms with Crippen molar-refractivity contribution < 1.29 is 9.90 Å². The van der Waals surface area contributed by atoms with E-state index in [4.69, 9.17) is 5.11 Å². The van der Waals surface area contributed by atoms with E-state index < -0.39 is 0 Å². The number of aliphatic hydroxyl groups excluding tert-OH is 1. The normalized spacial score (nSPS) is 10.4. The number of hydrogen-bond acceptors (Lipinski definition) is 4. The second-order valence-corrected chi connectivity index (χ2v) is 5.96. The summed E-state index contributed by atoms with van der Waals surface area (Å²) in [5, 5.41) is 11.6. The number of amides is 1. The van der Waals surface area contributed by atoms with Crippen LogP contribution in [0, 0.1) is 0 Å². The van der Waals surface area contributed by atoms with Gasteiger partial charge >= 0.3 is 0 Å². The zero-order valence-corrected chi connectivity index (χ0v) is 13.2. The van der Waals surface area contributed by atoms with Crippen molar-refractivity contribution in [2.75, 3.05) is 17.7 Å². The molecule has 2 aromatic rings. The molecule has 1 amide bonds. The third kappa shape index (κ3) is 5.87. The quantitative estimate of drug-likeness (QED) is 0.735. The summed E-state index contributed by atoms with van der Waals surface area (Å²) < 4.78 is 0. The molecular weight excluding hydrogens is 296 g/mol. The monoisotopic (exact) mass is 316 g/mol. The molecule has 116 valence electrons. The number of thioether (sulfide) groups is 1. The maximum absolute atomic E-state index is 12.0. The van der Waals surface area contributed by atoms with Crippen LogP contribution >= 0.6 is 11.8 Å². The molecule has 0 spiro atoms. The molecule has 22 heavy (non-hydrogen) atoms. The van der Waals surface area contributed by atoms with E-state index in [-0.39, 0.29) is 12.5 Å². The summed E-state index contributed by atoms with van der Waals surface area (Å²) in [5.41, 5.74) is 2.24. The number of anilines is 1. The summed E-state index contributed by atoms with van der Waals surface area (Å²) in [6.45, 7) is 0.179. The van der Waals surface area contributed by atoms with E-state index >= 15 is 0 Å². The average molecular weight is 316 g/mol. The number of pyridine rings is 1. The summed E-state index contributed by atoms with van der Waals surface area (Å²) in [7, 11) is 0. The highest BCUT2D eigenvalue weighted by molar-refractivity contribution is 7.98. The summed E-state index contributed by atoms with van der Waals surface area (Å²) in [6, 6.07) is 13.8. The summed E-state index contributed by atoms with van der Waals surface area (Å²) in [4.78, 5) is 16.1. The van der Waals surface area contributed by atoms with Crippen molar-refractivity contribution in [3.63, 3.8) is 0 Å². The van der Waals surface area contributed by atoms with Gasteiger partial charge in [0.05, 0.1) is 6.61 Å². The molecule has 0 aliphatic carbocycles. The highest BCUT2D eigenvalue weighted by Gasteiger charge is 2.05. The average Bonchev–Trinajstić information content (AvgIpc) is 2.55. The van der Waals surface area contributed by atoms with Gasteiger partial charge in [-0.3, -0.25) is 4.79 Å². The number of nitrogens with zero attached hydrogens (tertiary/aromatic N) is 1. The largest absolute Gasteiger partial charge is 0.396 e. The van der Waals surface area contributed by atoms with Gasteiger partial charge in [0.1, 0.15) is 5.82 Å². The lowest BCUT2D eigenvalue weighted by Gasteiger charge is -2.06. The number of nitrogens with one attached hydrogen (secondary N) is 1. The predicted molar refractivity (Wildman–Crippen MR) is 90.9 cm³/mol. The van der Waals surface area contributed by atoms with Crippen LogP contribution in [0.25, 0.3) is 0 Å². The van der Waals surface area contributed by atoms with Crippen molar-refractivity contribution in [2.24, 2.45) is 0 Å². The van der Waals surface area contributed by atoms with Crippen LogP contribution in [0.15, 0.2) is 48.7 Å². The lowest BCUT2D eigenvalue weighted by atomic mass is 10.1. The molecule has 0 saturated heterocycles. The molecule has 0 aliphatic rings. The second-order valence-electron chi connectivity index (χ2n) is 4.86. The van der Waals surface area contributed by atoms with Crippen LogP contribution in [0.4, 0.5) is 5.82 Å². The lowest BCUT2D eigenvalue weighted by Crippen LogP contribution is -2.13. The molecule has 0 bridgehead atoms. The van der Waals surface area contributed by atoms with Crippen molar-refractivity contribution >= 4 is 23.5 Å². The van der Waals surface area contributed by atoms with Crippen LogP contribution in [0.1, 0.15) is 17.5 Å². The van der Waals surface area contributed by atoms with E-state index in [0.717, 1.165) is 23.3 Å². The highest BCUT2D eigenvalue weighted by atomic mass is 32.2. The zero-order chi connectivity index (χ0) is 15.6. The molecule has 4 nitrogen and oxygen atoms in total. The van der Waals surface area contributed by atoms with Crippen LogP contribution < -0.4 is 5.32 Å². The predicted octanol–water partition coefficient (Wildman–Crippen LogP) is 2.88. The molecule has 5 heteroatoms. The fourth-order valence-electron chi connectivity index (χ4n) is 1.99. The van der Waals surface area contributed by atoms with E-state index in [1.54, 1.807) is 18.0 Å². The van der Waals surface area contributed by atoms with Gasteiger partial charge < -0.3 is 10.4 Å². The van der Waals surface area contributed by atoms with Crippen molar-refractivity contribution in [1.29, 1.82) is 0 Å². The Morgan fingerprint density at radius 3 is 2.77 bits per heavy atom. The van der Waals surface area contributed by atoms with Crippen LogP contribution in [0.2, 0.25) is 0 Å². The molecule has 1 heterocycles. The first-order valence-corrected chi connectivity index (χ1v) is 8.40. The standard InChI is InChI=1S/C17H20N2O2S/c20-10-11-22-13-15-8-9-18-16(12-15)19-17(21)7-6-14-4-2-1-3-5-14/h1-5,8-9,12,20H,6-7,10-11,13H2,(H,18,19,21). The molecule has 0 atom stereocenters. The van der Waals surface area contributed by atoms with Crippen LogP contribution in [-0.2, 0) is 17.0 Å². The van der Waals surface area contributed by atoms with Crippen molar-refractivity contribution in [2.45, 2.75) is 18.6 Å². The van der Waals surface area contributed by atoms with E-state index in [1.807, 2.05) is 42.5 Å². The van der Waals surface area contributed by atoms with Crippen LogP contribution in [-0.4, -0.2) is 28.4 Å². The Bertz CT molecular complexity index is 590. The van der Waals surface area contributed by atoms with E-state index in [0.29, 0.717) is 18.0 Å². The third-order valence-corrected chi connectivity index (χ3v) is 4.09. The Labute approximate surface area is 135 Å². The SMILES string of the molecule is O=C(CCc1ccccc1)Nc1cc(CSCCO)ccn1. The smallest absolute Gasteiger partial charge is 0.225 e. The van der Waals surface area contributed by atoms with E-state index in [2.05, 4.69) is 10.3 Å². The second kappa shape index (κ2) is 9.23. The van der Waals surface area contributed by atoms with Gasteiger partial charge in [-0.2, -0.15) is 11.8 Å². The molecule has 2 N–H and O–H groups in total. The summed E-state index contributed by atoms with van der Waals surface area (Å²) in [6.07, 6.45) is 2.86. The van der Waals surface area contributed by atoms with Crippen molar-refractivity contribution in [1.82, 2.24) is 4.98 Å². The topological polar surface area (TPSA) is 62.2 Å². The molecular formula is C17H20N2O2S. The molecule has 0 saturated carbocycles. The first kappa shape index (κ1) is 16.5. The van der Waals surface area contributed by atoms with Crippen molar-refractivity contribution in [3.8, 4) is 0 Å². The summed E-state index contributed by atoms with van der Waals surface area (Å²) >= 11 is 1.65. The molecule has 2 rings (SSSR count). The number of carbonyl (C=O) groups excluding carboxylic acids is 1. The zero-order valence-electron chi connectivity index (χ0n) is 12.4. The first-order chi connectivity index (χ1) is 10.8. The van der Waals surface area contributed by atoms with E-state index in [1.165, 1.54) is 0 Å². The van der Waals surface area contributed by atoms with Gasteiger partial charge in [0.2, 0.25) is 5.91 Å². The van der Waals surface area contributed by atoms with Gasteiger partial charge in [-0.1, -0.05) is 30.3 Å². The Kier molecular flexibility index (Phi) is 6.93. The summed E-state index contributed by atoms with van der Waals surface area (Å²) in [5.74, 6) is 2.06. The number of benzene rings is 1. The van der Waals surface area contributed by atoms with Crippen LogP contribution in [0.3, 0.4) is 0 Å². The number of aryl methyl sites for hydroxylation is 1. The molecule has 0 aliphatic heterocycles. The molecule has 1 aromatic carbocycles. The van der Waals surface area contributed by atoms with Crippen molar-refractivity contribution in [3.05, 3.63) is 59.8 Å². The number of hydrogen-bond donors (Lipinski definition) is 2. The maximum Gasteiger partial charge on any atom is 0.225 e. The van der Waals surface area contributed by atoms with Crippen LogP contribution in [0.5, 0.6) is 0 Å². The fraction of sp³-hybridized carbons (Fsp3) is 0.294. The number of rotatable bonds is 8. The highest BCUT2D eigenvalue weighted by Crippen LogP contribution is 2.14. The molecule has 1 aromatic heterocycles. The maximum atomic E-state index is 12.0. The molecule has 0 radical (unpaired) electrons. The van der Waals surface area contributed by atoms with Gasteiger partial charge in [0, 0.05) is 24.1 Å².